The van der Waals surface area contributed by atoms with Crippen molar-refractivity contribution in [2.24, 2.45) is 17.4 Å². The number of benzene rings is 1. The molecule has 2 aliphatic heterocycles. The van der Waals surface area contributed by atoms with E-state index in [1.165, 1.54) is 25.1 Å². The number of carbonyl (C=O) groups excluding carboxylic acids is 6. The molecule has 35 heavy (non-hydrogen) atoms. The first-order valence-corrected chi connectivity index (χ1v) is 11.2. The first-order valence-electron chi connectivity index (χ1n) is 11.2. The molecule has 186 valence electrons. The fraction of sp³-hybridized carbons (Fsp3) is 0.391. The molecule has 0 saturated carbocycles. The molecule has 0 radical (unpaired) electrons. The molecular weight excluding hydrogens is 456 g/mol. The molecule has 1 aromatic carbocycles. The van der Waals surface area contributed by atoms with Gasteiger partial charge in [-0.1, -0.05) is 0 Å². The summed E-state index contributed by atoms with van der Waals surface area (Å²) in [5.41, 5.74) is 11.1. The van der Waals surface area contributed by atoms with E-state index in [4.69, 9.17) is 11.5 Å². The molecule has 1 aromatic rings. The van der Waals surface area contributed by atoms with Gasteiger partial charge < -0.3 is 21.7 Å². The Balaban J connectivity index is 1.99. The van der Waals surface area contributed by atoms with Crippen molar-refractivity contribution in [3.05, 3.63) is 35.9 Å². The van der Waals surface area contributed by atoms with Gasteiger partial charge in [0.15, 0.2) is 0 Å². The number of hydrogen-bond donors (Lipinski definition) is 3. The van der Waals surface area contributed by atoms with Gasteiger partial charge in [-0.25, -0.2) is 4.90 Å². The number of nitrogens with zero attached hydrogens (tertiary/aromatic N) is 3. The molecule has 2 aliphatic rings. The van der Waals surface area contributed by atoms with Crippen LogP contribution < -0.4 is 21.7 Å². The number of nitrogens with two attached hydrogens (primary N) is 2. The van der Waals surface area contributed by atoms with Crippen LogP contribution in [0.1, 0.15) is 30.1 Å². The normalized spacial score (nSPS) is 16.5. The number of primary amides is 1. The van der Waals surface area contributed by atoms with Gasteiger partial charge >= 0.3 is 0 Å². The predicted molar refractivity (Wildman–Crippen MR) is 126 cm³/mol. The highest BCUT2D eigenvalue weighted by Gasteiger charge is 2.37. The highest BCUT2D eigenvalue weighted by atomic mass is 16.2. The van der Waals surface area contributed by atoms with E-state index < -0.39 is 47.9 Å². The van der Waals surface area contributed by atoms with Crippen LogP contribution in [0.3, 0.4) is 0 Å². The van der Waals surface area contributed by atoms with E-state index in [1.54, 1.807) is 0 Å². The molecule has 0 atom stereocenters. The molecule has 12 nitrogen and oxygen atoms in total. The van der Waals surface area contributed by atoms with Gasteiger partial charge in [0.1, 0.15) is 6.54 Å². The standard InChI is InChI=1S/C23H28N6O6/c1-14(30)26-16-2-3-17(22(25)34)18(12-16)29(21(33)13-28-19(31)4-5-20(28)32)23(35)15-6-9-27(10-7-15)11-8-24/h2-5,12,15H,6-11,13,24H2,1H3,(H2,25,34)(H,26,30). The summed E-state index contributed by atoms with van der Waals surface area (Å²) in [5, 5.41) is 2.54. The van der Waals surface area contributed by atoms with Crippen molar-refractivity contribution in [1.82, 2.24) is 9.80 Å². The number of anilines is 2. The summed E-state index contributed by atoms with van der Waals surface area (Å²) >= 11 is 0. The second kappa shape index (κ2) is 11.0. The topological polar surface area (TPSA) is 176 Å². The maximum atomic E-state index is 13.7. The lowest BCUT2D eigenvalue weighted by atomic mass is 9.94. The minimum absolute atomic E-state index is 0.126. The van der Waals surface area contributed by atoms with Crippen LogP contribution in [0.4, 0.5) is 11.4 Å². The van der Waals surface area contributed by atoms with Crippen LogP contribution in [-0.2, 0) is 24.0 Å². The zero-order chi connectivity index (χ0) is 25.7. The van der Waals surface area contributed by atoms with E-state index >= 15 is 0 Å². The summed E-state index contributed by atoms with van der Waals surface area (Å²) in [6.07, 6.45) is 2.95. The van der Waals surface area contributed by atoms with E-state index in [0.717, 1.165) is 17.1 Å². The molecule has 0 aromatic heterocycles. The van der Waals surface area contributed by atoms with Crippen molar-refractivity contribution < 1.29 is 28.8 Å². The first kappa shape index (κ1) is 25.7. The van der Waals surface area contributed by atoms with Gasteiger partial charge in [-0.3, -0.25) is 33.7 Å². The van der Waals surface area contributed by atoms with Gasteiger partial charge in [0.05, 0.1) is 11.3 Å². The summed E-state index contributed by atoms with van der Waals surface area (Å²) < 4.78 is 0. The minimum Gasteiger partial charge on any atom is -0.366 e. The Bertz CT molecular complexity index is 1070. The highest BCUT2D eigenvalue weighted by molar-refractivity contribution is 6.22. The van der Waals surface area contributed by atoms with Gasteiger partial charge in [-0.05, 0) is 44.1 Å². The van der Waals surface area contributed by atoms with Crippen LogP contribution in [-0.4, -0.2) is 78.0 Å². The zero-order valence-corrected chi connectivity index (χ0v) is 19.4. The van der Waals surface area contributed by atoms with Crippen molar-refractivity contribution >= 4 is 46.8 Å². The lowest BCUT2D eigenvalue weighted by Gasteiger charge is -2.34. The Morgan fingerprint density at radius 1 is 1.09 bits per heavy atom. The smallest absolute Gasteiger partial charge is 0.254 e. The summed E-state index contributed by atoms with van der Waals surface area (Å²) in [4.78, 5) is 78.5. The maximum absolute atomic E-state index is 13.7. The van der Waals surface area contributed by atoms with Crippen molar-refractivity contribution in [3.63, 3.8) is 0 Å². The third-order valence-corrected chi connectivity index (χ3v) is 5.87. The predicted octanol–water partition coefficient (Wildman–Crippen LogP) is -0.801. The van der Waals surface area contributed by atoms with E-state index in [-0.39, 0.29) is 16.9 Å². The van der Waals surface area contributed by atoms with Crippen LogP contribution in [0, 0.1) is 5.92 Å². The van der Waals surface area contributed by atoms with Crippen LogP contribution in [0.25, 0.3) is 0 Å². The molecule has 0 unspecified atom stereocenters. The highest BCUT2D eigenvalue weighted by Crippen LogP contribution is 2.29. The molecule has 0 spiro atoms. The Kier molecular flexibility index (Phi) is 8.10. The number of piperidine rings is 1. The van der Waals surface area contributed by atoms with Crippen LogP contribution in [0.15, 0.2) is 30.4 Å². The third kappa shape index (κ3) is 5.97. The molecule has 3 rings (SSSR count). The second-order valence-electron chi connectivity index (χ2n) is 8.35. The number of imide groups is 2. The number of likely N-dealkylation sites (tertiary alicyclic amines) is 1. The Hall–Kier alpha value is -3.90. The van der Waals surface area contributed by atoms with Gasteiger partial charge in [0.25, 0.3) is 23.6 Å². The minimum atomic E-state index is -0.896. The van der Waals surface area contributed by atoms with Crippen molar-refractivity contribution in [2.45, 2.75) is 19.8 Å². The largest absolute Gasteiger partial charge is 0.366 e. The fourth-order valence-corrected chi connectivity index (χ4v) is 4.14. The van der Waals surface area contributed by atoms with Crippen LogP contribution >= 0.6 is 0 Å². The average molecular weight is 485 g/mol. The molecule has 5 N–H and O–H groups in total. The van der Waals surface area contributed by atoms with Crippen LogP contribution in [0.2, 0.25) is 0 Å². The number of nitrogens with one attached hydrogen (secondary N) is 1. The average Bonchev–Trinajstić information content (AvgIpc) is 3.11. The van der Waals surface area contributed by atoms with Crippen molar-refractivity contribution in [2.75, 3.05) is 42.9 Å². The second-order valence-corrected chi connectivity index (χ2v) is 8.35. The summed E-state index contributed by atoms with van der Waals surface area (Å²) in [5.74, 6) is -4.70. The molecule has 6 amide bonds. The number of hydrogen-bond acceptors (Lipinski definition) is 8. The quantitative estimate of drug-likeness (QED) is 0.402. The number of amides is 6. The Morgan fingerprint density at radius 3 is 2.26 bits per heavy atom. The van der Waals surface area contributed by atoms with E-state index in [9.17, 15) is 28.8 Å². The van der Waals surface area contributed by atoms with Crippen LogP contribution in [0.5, 0.6) is 0 Å². The van der Waals surface area contributed by atoms with Gasteiger partial charge in [-0.2, -0.15) is 0 Å². The Labute approximate surface area is 201 Å². The molecule has 1 saturated heterocycles. The summed E-state index contributed by atoms with van der Waals surface area (Å²) in [6, 6.07) is 4.02. The van der Waals surface area contributed by atoms with Crippen molar-refractivity contribution in [1.29, 1.82) is 0 Å². The van der Waals surface area contributed by atoms with E-state index in [2.05, 4.69) is 10.2 Å². The summed E-state index contributed by atoms with van der Waals surface area (Å²) in [6.45, 7) is 2.93. The number of carbonyl (C=O) groups is 6. The zero-order valence-electron chi connectivity index (χ0n) is 19.4. The molecule has 0 bridgehead atoms. The number of rotatable bonds is 8. The molecule has 2 heterocycles. The monoisotopic (exact) mass is 484 g/mol. The molecule has 1 fully saturated rings. The van der Waals surface area contributed by atoms with Gasteiger partial charge in [0, 0.05) is 43.8 Å². The Morgan fingerprint density at radius 2 is 1.71 bits per heavy atom. The summed E-state index contributed by atoms with van der Waals surface area (Å²) in [7, 11) is 0. The lowest BCUT2D eigenvalue weighted by Crippen LogP contribution is -2.50. The SMILES string of the molecule is CC(=O)Nc1ccc(C(N)=O)c(N(C(=O)CN2C(=O)C=CC2=O)C(=O)C2CCN(CCN)CC2)c1. The first-order chi connectivity index (χ1) is 16.6. The van der Waals surface area contributed by atoms with E-state index in [1.807, 2.05) is 0 Å². The molecule has 12 heteroatoms. The van der Waals surface area contributed by atoms with Gasteiger partial charge in [0.2, 0.25) is 11.8 Å². The van der Waals surface area contributed by atoms with E-state index in [0.29, 0.717) is 43.9 Å². The maximum Gasteiger partial charge on any atom is 0.254 e. The van der Waals surface area contributed by atoms with Gasteiger partial charge in [-0.15, -0.1) is 0 Å². The lowest BCUT2D eigenvalue weighted by molar-refractivity contribution is -0.141. The van der Waals surface area contributed by atoms with Crippen molar-refractivity contribution in [3.8, 4) is 0 Å². The third-order valence-electron chi connectivity index (χ3n) is 5.87. The molecular formula is C23H28N6O6. The fourth-order valence-electron chi connectivity index (χ4n) is 4.14. The molecule has 0 aliphatic carbocycles.